The van der Waals surface area contributed by atoms with Crippen LogP contribution in [0.4, 0.5) is 11.6 Å². The quantitative estimate of drug-likeness (QED) is 0.383. The van der Waals surface area contributed by atoms with Crippen molar-refractivity contribution in [1.29, 1.82) is 0 Å². The van der Waals surface area contributed by atoms with Crippen LogP contribution in [0.2, 0.25) is 0 Å². The molecular weight excluding hydrogens is 426 g/mol. The number of nitrogens with two attached hydrogens (primary N) is 1. The summed E-state index contributed by atoms with van der Waals surface area (Å²) in [6, 6.07) is 11.9. The van der Waals surface area contributed by atoms with Crippen molar-refractivity contribution in [2.75, 3.05) is 17.2 Å². The number of anilines is 2. The molecule has 0 aliphatic carbocycles. The maximum absolute atomic E-state index is 12.5. The first kappa shape index (κ1) is 22.3. The van der Waals surface area contributed by atoms with Gasteiger partial charge in [0.05, 0.1) is 23.3 Å². The van der Waals surface area contributed by atoms with E-state index in [2.05, 4.69) is 20.6 Å². The van der Waals surface area contributed by atoms with Gasteiger partial charge < -0.3 is 25.5 Å². The summed E-state index contributed by atoms with van der Waals surface area (Å²) in [7, 11) is 0. The molecule has 172 valence electrons. The number of imidazole rings is 1. The van der Waals surface area contributed by atoms with Crippen LogP contribution in [0.3, 0.4) is 0 Å². The van der Waals surface area contributed by atoms with Crippen LogP contribution in [0.1, 0.15) is 25.3 Å². The fourth-order valence-electron chi connectivity index (χ4n) is 3.57. The topological polar surface area (TPSA) is 148 Å². The molecule has 2 heterocycles. The normalized spacial score (nSPS) is 15.8. The van der Waals surface area contributed by atoms with Gasteiger partial charge in [-0.3, -0.25) is 19.7 Å². The first-order valence-corrected chi connectivity index (χ1v) is 10.7. The molecule has 4 rings (SSSR count). The average Bonchev–Trinajstić information content (AvgIpc) is 3.20. The van der Waals surface area contributed by atoms with Gasteiger partial charge in [0.1, 0.15) is 11.8 Å². The largest absolute Gasteiger partial charge is 0.478 e. The van der Waals surface area contributed by atoms with E-state index in [0.717, 1.165) is 16.6 Å². The summed E-state index contributed by atoms with van der Waals surface area (Å²) >= 11 is 0. The fourth-order valence-corrected chi connectivity index (χ4v) is 3.57. The Morgan fingerprint density at radius 1 is 1.27 bits per heavy atom. The van der Waals surface area contributed by atoms with Crippen LogP contribution < -0.4 is 21.1 Å². The Morgan fingerprint density at radius 2 is 2.09 bits per heavy atom. The second-order valence-electron chi connectivity index (χ2n) is 7.68. The number of aromatic nitrogens is 2. The van der Waals surface area contributed by atoms with Gasteiger partial charge >= 0.3 is 5.97 Å². The summed E-state index contributed by atoms with van der Waals surface area (Å²) in [4.78, 5) is 43.9. The number of benzene rings is 2. The van der Waals surface area contributed by atoms with E-state index in [4.69, 9.17) is 15.2 Å². The highest BCUT2D eigenvalue weighted by molar-refractivity contribution is 5.98. The number of nitrogens with one attached hydrogen (secondary N) is 3. The number of carbonyl (C=O) groups is 3. The summed E-state index contributed by atoms with van der Waals surface area (Å²) in [5, 5.41) is 5.50. The third-order valence-electron chi connectivity index (χ3n) is 5.19. The van der Waals surface area contributed by atoms with E-state index >= 15 is 0 Å². The summed E-state index contributed by atoms with van der Waals surface area (Å²) in [5.41, 5.74) is 8.70. The number of ether oxygens (including phenoxy) is 2. The molecule has 33 heavy (non-hydrogen) atoms. The Kier molecular flexibility index (Phi) is 6.55. The molecule has 0 fully saturated rings. The molecule has 0 spiro atoms. The van der Waals surface area contributed by atoms with Crippen molar-refractivity contribution in [3.8, 4) is 5.75 Å². The highest BCUT2D eigenvalue weighted by atomic mass is 16.5. The molecule has 0 saturated heterocycles. The predicted octanol–water partition coefficient (Wildman–Crippen LogP) is 2.11. The SMILES string of the molecule is CCOC(=O)[C@@H](N)Cc1ccc2c(c1)NC(=O)[C@@H](CCC(=O)Nc1nc3ccccc3[nH]1)O2. The number of H-pyrrole nitrogens is 1. The molecule has 3 aromatic rings. The average molecular weight is 451 g/mol. The van der Waals surface area contributed by atoms with Gasteiger partial charge in [-0.25, -0.2) is 4.98 Å². The summed E-state index contributed by atoms with van der Waals surface area (Å²) < 4.78 is 10.7. The lowest BCUT2D eigenvalue weighted by molar-refractivity contribution is -0.144. The minimum atomic E-state index is -0.799. The lowest BCUT2D eigenvalue weighted by Crippen LogP contribution is -2.38. The molecule has 10 heteroatoms. The van der Waals surface area contributed by atoms with E-state index in [1.54, 1.807) is 25.1 Å². The Bertz CT molecular complexity index is 1160. The molecule has 1 aliphatic heterocycles. The Labute approximate surface area is 189 Å². The second kappa shape index (κ2) is 9.70. The standard InChI is InChI=1S/C23H25N5O5/c1-2-32-22(31)14(24)11-13-7-8-18-17(12-13)25-21(30)19(33-18)9-10-20(29)28-23-26-15-5-3-4-6-16(15)27-23/h3-8,12,14,19H,2,9-11,24H2,1H3,(H,25,30)(H2,26,27,28,29)/t14-,19+/m0/s1. The number of hydrogen-bond acceptors (Lipinski definition) is 7. The van der Waals surface area contributed by atoms with Crippen molar-refractivity contribution in [3.63, 3.8) is 0 Å². The molecule has 0 bridgehead atoms. The summed E-state index contributed by atoms with van der Waals surface area (Å²) in [6.45, 7) is 1.98. The van der Waals surface area contributed by atoms with Crippen LogP contribution in [-0.2, 0) is 25.5 Å². The number of fused-ring (bicyclic) bond motifs is 2. The number of hydrogen-bond donors (Lipinski definition) is 4. The number of rotatable bonds is 8. The summed E-state index contributed by atoms with van der Waals surface area (Å²) in [6.07, 6.45) is -0.247. The minimum Gasteiger partial charge on any atom is -0.478 e. The zero-order chi connectivity index (χ0) is 23.4. The van der Waals surface area contributed by atoms with Gasteiger partial charge in [-0.05, 0) is 43.2 Å². The number of para-hydroxylation sites is 2. The molecule has 1 aromatic heterocycles. The van der Waals surface area contributed by atoms with Crippen LogP contribution in [0.25, 0.3) is 11.0 Å². The first-order chi connectivity index (χ1) is 15.9. The number of aromatic amines is 1. The Balaban J connectivity index is 1.32. The predicted molar refractivity (Wildman–Crippen MR) is 122 cm³/mol. The zero-order valence-corrected chi connectivity index (χ0v) is 18.1. The molecule has 5 N–H and O–H groups in total. The van der Waals surface area contributed by atoms with E-state index in [1.807, 2.05) is 24.3 Å². The van der Waals surface area contributed by atoms with E-state index in [0.29, 0.717) is 17.4 Å². The van der Waals surface area contributed by atoms with Gasteiger partial charge in [0, 0.05) is 12.8 Å². The van der Waals surface area contributed by atoms with Crippen LogP contribution in [0, 0.1) is 0 Å². The van der Waals surface area contributed by atoms with E-state index in [-0.39, 0.29) is 37.7 Å². The third kappa shape index (κ3) is 5.29. The first-order valence-electron chi connectivity index (χ1n) is 10.7. The number of amides is 2. The molecule has 10 nitrogen and oxygen atoms in total. The van der Waals surface area contributed by atoms with Gasteiger partial charge in [0.15, 0.2) is 6.10 Å². The Hall–Kier alpha value is -3.92. The van der Waals surface area contributed by atoms with Crippen molar-refractivity contribution in [3.05, 3.63) is 48.0 Å². The maximum Gasteiger partial charge on any atom is 0.323 e. The van der Waals surface area contributed by atoms with Crippen molar-refractivity contribution in [2.45, 2.75) is 38.3 Å². The number of esters is 1. The highest BCUT2D eigenvalue weighted by Gasteiger charge is 2.28. The van der Waals surface area contributed by atoms with Crippen molar-refractivity contribution in [1.82, 2.24) is 9.97 Å². The second-order valence-corrected chi connectivity index (χ2v) is 7.68. The van der Waals surface area contributed by atoms with E-state index in [1.165, 1.54) is 0 Å². The molecule has 2 amide bonds. The van der Waals surface area contributed by atoms with Crippen LogP contribution in [-0.4, -0.2) is 46.5 Å². The highest BCUT2D eigenvalue weighted by Crippen LogP contribution is 2.32. The third-order valence-corrected chi connectivity index (χ3v) is 5.19. The van der Waals surface area contributed by atoms with Gasteiger partial charge in [0.25, 0.3) is 5.91 Å². The lowest BCUT2D eigenvalue weighted by Gasteiger charge is -2.26. The molecule has 1 aliphatic rings. The number of carbonyl (C=O) groups excluding carboxylic acids is 3. The molecule has 0 saturated carbocycles. The fraction of sp³-hybridized carbons (Fsp3) is 0.304. The smallest absolute Gasteiger partial charge is 0.323 e. The van der Waals surface area contributed by atoms with Crippen LogP contribution in [0.15, 0.2) is 42.5 Å². The summed E-state index contributed by atoms with van der Waals surface area (Å²) in [5.74, 6) is -0.248. The van der Waals surface area contributed by atoms with Crippen molar-refractivity contribution >= 4 is 40.5 Å². The molecular formula is C23H25N5O5. The van der Waals surface area contributed by atoms with Gasteiger partial charge in [-0.2, -0.15) is 0 Å². The maximum atomic E-state index is 12.5. The van der Waals surface area contributed by atoms with Crippen molar-refractivity contribution in [2.24, 2.45) is 5.73 Å². The van der Waals surface area contributed by atoms with Gasteiger partial charge in [-0.1, -0.05) is 18.2 Å². The van der Waals surface area contributed by atoms with Gasteiger partial charge in [-0.15, -0.1) is 0 Å². The van der Waals surface area contributed by atoms with Crippen molar-refractivity contribution < 1.29 is 23.9 Å². The zero-order valence-electron chi connectivity index (χ0n) is 18.1. The molecule has 0 unspecified atom stereocenters. The van der Waals surface area contributed by atoms with Gasteiger partial charge in [0.2, 0.25) is 11.9 Å². The molecule has 0 radical (unpaired) electrons. The lowest BCUT2D eigenvalue weighted by atomic mass is 10.0. The van der Waals surface area contributed by atoms with Crippen LogP contribution >= 0.6 is 0 Å². The number of nitrogens with zero attached hydrogens (tertiary/aromatic N) is 1. The van der Waals surface area contributed by atoms with E-state index < -0.39 is 18.1 Å². The monoisotopic (exact) mass is 451 g/mol. The van der Waals surface area contributed by atoms with E-state index in [9.17, 15) is 14.4 Å². The Morgan fingerprint density at radius 3 is 2.88 bits per heavy atom. The van der Waals surface area contributed by atoms with Crippen LogP contribution in [0.5, 0.6) is 5.75 Å². The molecule has 2 aromatic carbocycles. The molecule has 2 atom stereocenters. The minimum absolute atomic E-state index is 0.0803.